The van der Waals surface area contributed by atoms with Gasteiger partial charge in [-0.25, -0.2) is 4.68 Å². The van der Waals surface area contributed by atoms with E-state index in [0.717, 1.165) is 23.9 Å². The lowest BCUT2D eigenvalue weighted by Crippen LogP contribution is -2.53. The largest absolute Gasteiger partial charge is 0.427 e. The number of carbonyl (C=O) groups excluding carboxylic acids is 1. The molecule has 4 bridgehead atoms. The smallest absolute Gasteiger partial charge is 0.311 e. The maximum atomic E-state index is 12.6. The predicted molar refractivity (Wildman–Crippen MR) is 98.2 cm³/mol. The SMILES string of the molecule is O=C(CC12C[C@H]3C[C@@H](CC(Br)(C3)C1)C2)Oc1ccc(-n2cnnn2)cc1. The first kappa shape index (κ1) is 16.4. The summed E-state index contributed by atoms with van der Waals surface area (Å²) in [5.74, 6) is 2.02. The standard InChI is InChI=1S/C19H21BrN4O2/c20-19-8-13-5-14(9-19)7-18(6-13,11-19)10-17(25)26-16-3-1-15(2-4-16)24-12-21-22-23-24/h1-4,12-14H,5-11H2/t13-,14-,18?,19?/m1/s1. The lowest BCUT2D eigenvalue weighted by Gasteiger charge is -2.60. The fraction of sp³-hybridized carbons (Fsp3) is 0.579. The molecule has 0 amide bonds. The first-order chi connectivity index (χ1) is 12.5. The fourth-order valence-electron chi connectivity index (χ4n) is 5.96. The van der Waals surface area contributed by atoms with Gasteiger partial charge in [0.2, 0.25) is 0 Å². The van der Waals surface area contributed by atoms with E-state index in [0.29, 0.717) is 12.2 Å². The van der Waals surface area contributed by atoms with Crippen molar-refractivity contribution < 1.29 is 9.53 Å². The maximum Gasteiger partial charge on any atom is 0.311 e. The summed E-state index contributed by atoms with van der Waals surface area (Å²) in [5.41, 5.74) is 0.967. The highest BCUT2D eigenvalue weighted by atomic mass is 79.9. The summed E-state index contributed by atoms with van der Waals surface area (Å²) in [6, 6.07) is 7.27. The van der Waals surface area contributed by atoms with Gasteiger partial charge in [0, 0.05) is 4.32 Å². The van der Waals surface area contributed by atoms with Crippen molar-refractivity contribution in [1.82, 2.24) is 20.2 Å². The van der Waals surface area contributed by atoms with Crippen LogP contribution >= 0.6 is 15.9 Å². The van der Waals surface area contributed by atoms with Crippen LogP contribution in [0.5, 0.6) is 5.75 Å². The van der Waals surface area contributed by atoms with Crippen LogP contribution in [0.15, 0.2) is 30.6 Å². The number of rotatable bonds is 4. The molecule has 7 heteroatoms. The molecule has 4 saturated carbocycles. The third-order valence-corrected chi connectivity index (χ3v) is 7.24. The van der Waals surface area contributed by atoms with E-state index in [2.05, 4.69) is 31.5 Å². The summed E-state index contributed by atoms with van der Waals surface area (Å²) in [7, 11) is 0. The number of carbonyl (C=O) groups is 1. The Morgan fingerprint density at radius 1 is 1.19 bits per heavy atom. The van der Waals surface area contributed by atoms with Crippen molar-refractivity contribution in [2.45, 2.75) is 49.3 Å². The number of aromatic nitrogens is 4. The van der Waals surface area contributed by atoms with E-state index in [1.54, 1.807) is 16.8 Å². The third kappa shape index (κ3) is 2.96. The molecule has 6 nitrogen and oxygen atoms in total. The quantitative estimate of drug-likeness (QED) is 0.431. The van der Waals surface area contributed by atoms with Gasteiger partial charge in [-0.05, 0) is 90.5 Å². The Morgan fingerprint density at radius 3 is 2.54 bits per heavy atom. The molecular weight excluding hydrogens is 396 g/mol. The third-order valence-electron chi connectivity index (χ3n) is 6.31. The lowest BCUT2D eigenvalue weighted by atomic mass is 9.49. The molecule has 6 rings (SSSR count). The fourth-order valence-corrected chi connectivity index (χ4v) is 7.47. The van der Waals surface area contributed by atoms with E-state index in [9.17, 15) is 4.79 Å². The Kier molecular flexibility index (Phi) is 3.71. The minimum Gasteiger partial charge on any atom is -0.427 e. The molecule has 0 radical (unpaired) electrons. The molecule has 2 aromatic rings. The number of nitrogens with zero attached hydrogens (tertiary/aromatic N) is 4. The van der Waals surface area contributed by atoms with Crippen molar-refractivity contribution in [3.63, 3.8) is 0 Å². The normalized spacial score (nSPS) is 34.8. The van der Waals surface area contributed by atoms with E-state index in [-0.39, 0.29) is 15.7 Å². The van der Waals surface area contributed by atoms with Crippen LogP contribution in [-0.4, -0.2) is 30.5 Å². The average Bonchev–Trinajstić information content (AvgIpc) is 3.07. The zero-order valence-corrected chi connectivity index (χ0v) is 16.1. The van der Waals surface area contributed by atoms with Crippen LogP contribution in [0.3, 0.4) is 0 Å². The van der Waals surface area contributed by atoms with E-state index in [4.69, 9.17) is 4.74 Å². The number of esters is 1. The summed E-state index contributed by atoms with van der Waals surface area (Å²) < 4.78 is 7.48. The van der Waals surface area contributed by atoms with E-state index in [1.165, 1.54) is 38.4 Å². The van der Waals surface area contributed by atoms with Gasteiger partial charge in [0.1, 0.15) is 12.1 Å². The van der Waals surface area contributed by atoms with Crippen molar-refractivity contribution in [2.75, 3.05) is 0 Å². The molecule has 4 aliphatic carbocycles. The summed E-state index contributed by atoms with van der Waals surface area (Å²) >= 11 is 4.01. The zero-order valence-electron chi connectivity index (χ0n) is 14.5. The number of alkyl halides is 1. The van der Waals surface area contributed by atoms with Crippen LogP contribution in [0, 0.1) is 17.3 Å². The highest BCUT2D eigenvalue weighted by Crippen LogP contribution is 2.65. The number of ether oxygens (including phenoxy) is 1. The Bertz CT molecular complexity index is 807. The second kappa shape index (κ2) is 5.87. The van der Waals surface area contributed by atoms with Crippen LogP contribution in [0.4, 0.5) is 0 Å². The molecule has 26 heavy (non-hydrogen) atoms. The van der Waals surface area contributed by atoms with Crippen molar-refractivity contribution in [3.05, 3.63) is 30.6 Å². The van der Waals surface area contributed by atoms with Crippen molar-refractivity contribution in [1.29, 1.82) is 0 Å². The van der Waals surface area contributed by atoms with Crippen LogP contribution < -0.4 is 4.74 Å². The van der Waals surface area contributed by atoms with Gasteiger partial charge < -0.3 is 4.74 Å². The summed E-state index contributed by atoms with van der Waals surface area (Å²) in [6.07, 6.45) is 9.45. The van der Waals surface area contributed by atoms with Crippen molar-refractivity contribution in [2.24, 2.45) is 17.3 Å². The first-order valence-corrected chi connectivity index (χ1v) is 10.0. The summed E-state index contributed by atoms with van der Waals surface area (Å²) in [5, 5.41) is 11.1. The van der Waals surface area contributed by atoms with Crippen molar-refractivity contribution >= 4 is 21.9 Å². The number of hydrogen-bond acceptors (Lipinski definition) is 5. The topological polar surface area (TPSA) is 69.9 Å². The molecule has 136 valence electrons. The monoisotopic (exact) mass is 416 g/mol. The van der Waals surface area contributed by atoms with Gasteiger partial charge >= 0.3 is 5.97 Å². The van der Waals surface area contributed by atoms with E-state index in [1.807, 2.05) is 12.1 Å². The minimum atomic E-state index is -0.113. The second-order valence-corrected chi connectivity index (χ2v) is 10.2. The van der Waals surface area contributed by atoms with Crippen LogP contribution in [0.25, 0.3) is 5.69 Å². The molecule has 1 aromatic carbocycles. The van der Waals surface area contributed by atoms with Gasteiger partial charge in [0.25, 0.3) is 0 Å². The number of benzene rings is 1. The Morgan fingerprint density at radius 2 is 1.92 bits per heavy atom. The van der Waals surface area contributed by atoms with Gasteiger partial charge in [-0.15, -0.1) is 5.10 Å². The van der Waals surface area contributed by atoms with Gasteiger partial charge in [-0.3, -0.25) is 4.79 Å². The molecule has 4 aliphatic rings. The molecule has 0 saturated heterocycles. The van der Waals surface area contributed by atoms with E-state index < -0.39 is 0 Å². The van der Waals surface area contributed by atoms with Crippen LogP contribution in [0.2, 0.25) is 0 Å². The van der Waals surface area contributed by atoms with Gasteiger partial charge in [0.15, 0.2) is 0 Å². The molecule has 2 atom stereocenters. The Labute approximate surface area is 160 Å². The second-order valence-electron chi connectivity index (χ2n) is 8.51. The molecule has 1 aromatic heterocycles. The minimum absolute atomic E-state index is 0.113. The highest BCUT2D eigenvalue weighted by Gasteiger charge is 2.57. The maximum absolute atomic E-state index is 12.6. The molecule has 0 unspecified atom stereocenters. The Hall–Kier alpha value is -1.76. The van der Waals surface area contributed by atoms with Crippen LogP contribution in [0.1, 0.15) is 44.9 Å². The predicted octanol–water partition coefficient (Wildman–Crippen LogP) is 3.69. The highest BCUT2D eigenvalue weighted by molar-refractivity contribution is 9.10. The van der Waals surface area contributed by atoms with E-state index >= 15 is 0 Å². The number of tetrazole rings is 1. The summed E-state index contributed by atoms with van der Waals surface area (Å²) in [4.78, 5) is 12.6. The molecule has 1 heterocycles. The summed E-state index contributed by atoms with van der Waals surface area (Å²) in [6.45, 7) is 0. The number of halogens is 1. The molecule has 0 spiro atoms. The lowest BCUT2D eigenvalue weighted by molar-refractivity contribution is -0.141. The molecule has 4 fully saturated rings. The Balaban J connectivity index is 1.26. The first-order valence-electron chi connectivity index (χ1n) is 9.24. The number of hydrogen-bond donors (Lipinski definition) is 0. The molecule has 0 aliphatic heterocycles. The van der Waals surface area contributed by atoms with Gasteiger partial charge in [-0.2, -0.15) is 0 Å². The van der Waals surface area contributed by atoms with Gasteiger partial charge in [-0.1, -0.05) is 15.9 Å². The van der Waals surface area contributed by atoms with Crippen molar-refractivity contribution in [3.8, 4) is 11.4 Å². The van der Waals surface area contributed by atoms with Gasteiger partial charge in [0.05, 0.1) is 12.1 Å². The zero-order chi connectivity index (χ0) is 17.8. The average molecular weight is 417 g/mol. The molecular formula is C19H21BrN4O2. The van der Waals surface area contributed by atoms with Crippen LogP contribution in [-0.2, 0) is 4.79 Å². The molecule has 0 N–H and O–H groups in total.